The molecule has 0 aliphatic heterocycles. The van der Waals surface area contributed by atoms with Crippen LogP contribution in [0.3, 0.4) is 0 Å². The molecule has 0 unspecified atom stereocenters. The number of hydrogen-bond acceptors (Lipinski definition) is 1. The second-order valence-electron chi connectivity index (χ2n) is 19.0. The molecule has 4 nitrogen and oxygen atoms in total. The molecule has 0 radical (unpaired) electrons. The topological polar surface area (TPSA) is 18.0 Å². The number of benzene rings is 10. The van der Waals surface area contributed by atoms with E-state index in [0.29, 0.717) is 0 Å². The molecule has 10 aromatic carbocycles. The number of aromatic nitrogens is 3. The van der Waals surface area contributed by atoms with Crippen molar-refractivity contribution in [3.63, 3.8) is 0 Å². The highest BCUT2D eigenvalue weighted by Crippen LogP contribution is 2.51. The first-order valence-electron chi connectivity index (χ1n) is 23.9. The molecule has 326 valence electrons. The van der Waals surface area contributed by atoms with Crippen molar-refractivity contribution in [1.82, 2.24) is 13.7 Å². The number of nitrogens with zero attached hydrogens (tertiary/aromatic N) is 4. The first kappa shape index (κ1) is 39.3. The fourth-order valence-electron chi connectivity index (χ4n) is 11.6. The van der Waals surface area contributed by atoms with E-state index in [1.807, 2.05) is 0 Å². The van der Waals surface area contributed by atoms with Gasteiger partial charge in [-0.3, -0.25) is 0 Å². The Bertz CT molecular complexity index is 4120. The van der Waals surface area contributed by atoms with Gasteiger partial charge in [0.1, 0.15) is 0 Å². The van der Waals surface area contributed by atoms with Crippen molar-refractivity contribution in [3.05, 3.63) is 254 Å². The Hall–Kier alpha value is -8.86. The number of anilines is 3. The molecule has 69 heavy (non-hydrogen) atoms. The Kier molecular flexibility index (Phi) is 8.59. The fraction of sp³-hybridized carbons (Fsp3) is 0.0462. The zero-order valence-corrected chi connectivity index (χ0v) is 38.4. The van der Waals surface area contributed by atoms with E-state index < -0.39 is 0 Å². The Morgan fingerprint density at radius 3 is 1.74 bits per heavy atom. The van der Waals surface area contributed by atoms with Gasteiger partial charge in [0.25, 0.3) is 0 Å². The molecule has 1 aliphatic rings. The molecule has 0 fully saturated rings. The van der Waals surface area contributed by atoms with Crippen molar-refractivity contribution in [2.45, 2.75) is 19.3 Å². The molecule has 0 N–H and O–H groups in total. The molecular formula is C65H46N4. The molecule has 3 heterocycles. The quantitative estimate of drug-likeness (QED) is 0.156. The van der Waals surface area contributed by atoms with Gasteiger partial charge in [0.2, 0.25) is 0 Å². The molecule has 0 saturated heterocycles. The SMILES string of the molecule is CC1(C)c2ccccc2-c2ccc(N(c3ccc(-c4ccccc4)cc3)c3ccc(-n4c5cc6ccn(-c7ccccc7)c6cc5c5ccc6c(c7ccccc7n6-c6ccccc6)c54)cc3)cc21. The van der Waals surface area contributed by atoms with Crippen LogP contribution in [0.25, 0.3) is 93.8 Å². The number of fused-ring (bicyclic) bond motifs is 11. The van der Waals surface area contributed by atoms with E-state index in [-0.39, 0.29) is 5.41 Å². The third-order valence-electron chi connectivity index (χ3n) is 14.8. The van der Waals surface area contributed by atoms with Crippen molar-refractivity contribution in [1.29, 1.82) is 0 Å². The molecule has 4 heteroatoms. The van der Waals surface area contributed by atoms with Gasteiger partial charge in [-0.05, 0) is 137 Å². The van der Waals surface area contributed by atoms with Gasteiger partial charge in [-0.1, -0.05) is 147 Å². The van der Waals surface area contributed by atoms with Gasteiger partial charge in [-0.25, -0.2) is 0 Å². The van der Waals surface area contributed by atoms with E-state index in [1.54, 1.807) is 0 Å². The second kappa shape index (κ2) is 15.1. The van der Waals surface area contributed by atoms with Crippen molar-refractivity contribution >= 4 is 71.6 Å². The largest absolute Gasteiger partial charge is 0.317 e. The standard InChI is InChI=1S/C65H46N4/c1-65(2)57-24-14-12-22-52(57)53-35-34-51(41-58(53)65)67(48-28-26-44(27-29-48)43-16-6-3-7-17-43)49-30-32-50(33-31-49)69-62-40-45-38-39-66(46-18-8-4-9-19-46)61(45)42-56(62)54-36-37-60-63(64(54)69)55-23-13-15-25-59(55)68(60)47-20-10-5-11-21-47/h3-42H,1-2H3. The summed E-state index contributed by atoms with van der Waals surface area (Å²) in [5.41, 5.74) is 20.3. The average Bonchev–Trinajstić information content (AvgIpc) is 4.14. The van der Waals surface area contributed by atoms with E-state index in [1.165, 1.54) is 87.9 Å². The molecule has 3 aromatic heterocycles. The molecular weight excluding hydrogens is 837 g/mol. The van der Waals surface area contributed by atoms with Gasteiger partial charge in [0.05, 0.1) is 27.6 Å². The summed E-state index contributed by atoms with van der Waals surface area (Å²) >= 11 is 0. The Morgan fingerprint density at radius 1 is 0.362 bits per heavy atom. The number of para-hydroxylation sites is 3. The molecule has 0 spiro atoms. The average molecular weight is 883 g/mol. The summed E-state index contributed by atoms with van der Waals surface area (Å²) < 4.78 is 7.25. The highest BCUT2D eigenvalue weighted by Gasteiger charge is 2.36. The van der Waals surface area contributed by atoms with Crippen LogP contribution < -0.4 is 4.90 Å². The lowest BCUT2D eigenvalue weighted by molar-refractivity contribution is 0.660. The van der Waals surface area contributed by atoms with Crippen LogP contribution in [-0.2, 0) is 5.41 Å². The van der Waals surface area contributed by atoms with Crippen molar-refractivity contribution in [3.8, 4) is 39.3 Å². The third-order valence-corrected chi connectivity index (χ3v) is 14.8. The Labute approximate surface area is 400 Å². The summed E-state index contributed by atoms with van der Waals surface area (Å²) in [6.07, 6.45) is 2.20. The lowest BCUT2D eigenvalue weighted by Crippen LogP contribution is -2.16. The normalized spacial score (nSPS) is 12.9. The highest BCUT2D eigenvalue weighted by molar-refractivity contribution is 6.27. The molecule has 13 aromatic rings. The van der Waals surface area contributed by atoms with E-state index in [4.69, 9.17) is 0 Å². The van der Waals surface area contributed by atoms with Crippen LogP contribution in [0.4, 0.5) is 17.1 Å². The molecule has 0 bridgehead atoms. The van der Waals surface area contributed by atoms with E-state index in [0.717, 1.165) is 34.1 Å². The Morgan fingerprint density at radius 2 is 0.971 bits per heavy atom. The van der Waals surface area contributed by atoms with Crippen LogP contribution >= 0.6 is 0 Å². The molecule has 1 aliphatic carbocycles. The van der Waals surface area contributed by atoms with Gasteiger partial charge in [-0.2, -0.15) is 0 Å². The highest BCUT2D eigenvalue weighted by atomic mass is 15.1. The van der Waals surface area contributed by atoms with Crippen LogP contribution in [0, 0.1) is 0 Å². The van der Waals surface area contributed by atoms with Crippen LogP contribution in [0.15, 0.2) is 243 Å². The maximum atomic E-state index is 2.52. The first-order chi connectivity index (χ1) is 34.0. The van der Waals surface area contributed by atoms with Gasteiger partial charge in [0, 0.05) is 72.7 Å². The Balaban J connectivity index is 0.993. The molecule has 0 atom stereocenters. The lowest BCUT2D eigenvalue weighted by Gasteiger charge is -2.28. The lowest BCUT2D eigenvalue weighted by atomic mass is 9.82. The monoisotopic (exact) mass is 882 g/mol. The van der Waals surface area contributed by atoms with Crippen LogP contribution in [0.5, 0.6) is 0 Å². The fourth-order valence-corrected chi connectivity index (χ4v) is 11.6. The van der Waals surface area contributed by atoms with Crippen molar-refractivity contribution < 1.29 is 0 Å². The van der Waals surface area contributed by atoms with Crippen LogP contribution in [0.2, 0.25) is 0 Å². The third kappa shape index (κ3) is 5.95. The second-order valence-corrected chi connectivity index (χ2v) is 19.0. The van der Waals surface area contributed by atoms with E-state index in [2.05, 4.69) is 275 Å². The summed E-state index contributed by atoms with van der Waals surface area (Å²) in [7, 11) is 0. The first-order valence-corrected chi connectivity index (χ1v) is 23.9. The van der Waals surface area contributed by atoms with Crippen molar-refractivity contribution in [2.24, 2.45) is 0 Å². The van der Waals surface area contributed by atoms with Crippen molar-refractivity contribution in [2.75, 3.05) is 4.90 Å². The number of hydrogen-bond donors (Lipinski definition) is 0. The van der Waals surface area contributed by atoms with Gasteiger partial charge >= 0.3 is 0 Å². The minimum atomic E-state index is -0.131. The van der Waals surface area contributed by atoms with Gasteiger partial charge in [0.15, 0.2) is 0 Å². The van der Waals surface area contributed by atoms with Gasteiger partial charge in [-0.15, -0.1) is 0 Å². The summed E-state index contributed by atoms with van der Waals surface area (Å²) in [5, 5.41) is 6.11. The summed E-state index contributed by atoms with van der Waals surface area (Å²) in [6, 6.07) is 86.9. The predicted molar refractivity (Wildman–Crippen MR) is 290 cm³/mol. The zero-order valence-electron chi connectivity index (χ0n) is 38.4. The number of rotatable bonds is 7. The van der Waals surface area contributed by atoms with Crippen LogP contribution in [-0.4, -0.2) is 13.7 Å². The summed E-state index contributed by atoms with van der Waals surface area (Å²) in [6.45, 7) is 4.72. The molecule has 0 amide bonds. The smallest absolute Gasteiger partial charge is 0.0641 e. The van der Waals surface area contributed by atoms with Gasteiger partial charge < -0.3 is 18.6 Å². The predicted octanol–water partition coefficient (Wildman–Crippen LogP) is 17.3. The van der Waals surface area contributed by atoms with Crippen LogP contribution in [0.1, 0.15) is 25.0 Å². The minimum Gasteiger partial charge on any atom is -0.317 e. The zero-order chi connectivity index (χ0) is 45.8. The summed E-state index contributed by atoms with van der Waals surface area (Å²) in [5.74, 6) is 0. The summed E-state index contributed by atoms with van der Waals surface area (Å²) in [4.78, 5) is 2.42. The minimum absolute atomic E-state index is 0.131. The maximum absolute atomic E-state index is 2.52. The van der Waals surface area contributed by atoms with E-state index in [9.17, 15) is 0 Å². The van der Waals surface area contributed by atoms with E-state index >= 15 is 0 Å². The maximum Gasteiger partial charge on any atom is 0.0641 e. The molecule has 14 rings (SSSR count). The molecule has 0 saturated carbocycles.